The zero-order valence-electron chi connectivity index (χ0n) is 17.7. The van der Waals surface area contributed by atoms with Gasteiger partial charge in [0.25, 0.3) is 20.0 Å². The number of rotatable bonds is 2. The van der Waals surface area contributed by atoms with Gasteiger partial charge in [0.05, 0.1) is 9.79 Å². The number of nitrogens with one attached hydrogen (secondary N) is 1. The van der Waals surface area contributed by atoms with Crippen molar-refractivity contribution in [2.75, 3.05) is 13.1 Å². The van der Waals surface area contributed by atoms with Gasteiger partial charge in [0.2, 0.25) is 0 Å². The maximum absolute atomic E-state index is 14.0. The van der Waals surface area contributed by atoms with Crippen LogP contribution in [0.1, 0.15) is 12.8 Å². The third kappa shape index (κ3) is 3.05. The maximum atomic E-state index is 14.0. The molecule has 168 valence electrons. The molecule has 4 aromatic carbocycles. The summed E-state index contributed by atoms with van der Waals surface area (Å²) in [6.07, 6.45) is 1.62. The number of sulfonamides is 2. The van der Waals surface area contributed by atoms with Crippen LogP contribution >= 0.6 is 0 Å². The van der Waals surface area contributed by atoms with Gasteiger partial charge in [-0.25, -0.2) is 16.8 Å². The summed E-state index contributed by atoms with van der Waals surface area (Å²) >= 11 is 0. The van der Waals surface area contributed by atoms with Crippen molar-refractivity contribution in [3.8, 4) is 11.1 Å². The molecule has 1 N–H and O–H groups in total. The summed E-state index contributed by atoms with van der Waals surface area (Å²) < 4.78 is 56.7. The number of hydrogen-bond acceptors (Lipinski definition) is 5. The van der Waals surface area contributed by atoms with Crippen LogP contribution < -0.4 is 5.32 Å². The molecule has 0 aliphatic carbocycles. The van der Waals surface area contributed by atoms with Crippen LogP contribution in [-0.2, 0) is 20.0 Å². The molecule has 4 aromatic rings. The van der Waals surface area contributed by atoms with Gasteiger partial charge in [-0.2, -0.15) is 0 Å². The molecular weight excluding hydrogens is 456 g/mol. The first-order valence-electron chi connectivity index (χ1n) is 10.9. The standard InChI is InChI=1S/C25H22N2O4S2/c28-32(29)22-13-11-17-6-1-3-9-20(17)24(22)25-21-10-4-2-7-18(21)12-14-23(25)33(30,31)27(32)16-19-8-5-15-26-19/h1-4,6-7,9-14,19,26H,5,8,15-16H2/t19-/m0/s1. The molecule has 0 unspecified atom stereocenters. The molecule has 1 fully saturated rings. The normalized spacial score (nSPS) is 21.5. The largest absolute Gasteiger partial charge is 0.313 e. The molecule has 0 radical (unpaired) electrons. The molecule has 0 spiro atoms. The Kier molecular flexibility index (Phi) is 4.64. The van der Waals surface area contributed by atoms with Crippen LogP contribution in [0.3, 0.4) is 0 Å². The van der Waals surface area contributed by atoms with Gasteiger partial charge in [0, 0.05) is 23.7 Å². The summed E-state index contributed by atoms with van der Waals surface area (Å²) in [6.45, 7) is 0.629. The predicted molar refractivity (Wildman–Crippen MR) is 129 cm³/mol. The molecular formula is C25H22N2O4S2. The molecule has 2 heterocycles. The Morgan fingerprint density at radius 1 is 0.727 bits per heavy atom. The Balaban J connectivity index is 1.79. The lowest BCUT2D eigenvalue weighted by Gasteiger charge is -2.23. The van der Waals surface area contributed by atoms with Crippen LogP contribution in [0.4, 0.5) is 0 Å². The zero-order valence-corrected chi connectivity index (χ0v) is 19.4. The van der Waals surface area contributed by atoms with Crippen LogP contribution in [0.15, 0.2) is 82.6 Å². The molecule has 2 aliphatic rings. The van der Waals surface area contributed by atoms with Crippen LogP contribution in [0.5, 0.6) is 0 Å². The second kappa shape index (κ2) is 7.36. The van der Waals surface area contributed by atoms with Crippen molar-refractivity contribution >= 4 is 41.6 Å². The first kappa shape index (κ1) is 20.8. The lowest BCUT2D eigenvalue weighted by atomic mass is 9.94. The highest BCUT2D eigenvalue weighted by atomic mass is 32.3. The van der Waals surface area contributed by atoms with Crippen molar-refractivity contribution in [1.29, 1.82) is 0 Å². The molecule has 2 aliphatic heterocycles. The Bertz CT molecular complexity index is 1520. The van der Waals surface area contributed by atoms with Gasteiger partial charge in [-0.3, -0.25) is 0 Å². The second-order valence-corrected chi connectivity index (χ2v) is 12.5. The van der Waals surface area contributed by atoms with Gasteiger partial charge in [-0.05, 0) is 53.1 Å². The lowest BCUT2D eigenvalue weighted by molar-refractivity contribution is 0.455. The van der Waals surface area contributed by atoms with Crippen molar-refractivity contribution < 1.29 is 16.8 Å². The minimum atomic E-state index is -4.34. The average Bonchev–Trinajstić information content (AvgIpc) is 3.32. The van der Waals surface area contributed by atoms with Crippen LogP contribution in [0.25, 0.3) is 32.7 Å². The Labute approximate surface area is 192 Å². The van der Waals surface area contributed by atoms with E-state index in [0.29, 0.717) is 21.9 Å². The quantitative estimate of drug-likeness (QED) is 0.469. The third-order valence-electron chi connectivity index (χ3n) is 6.66. The highest BCUT2D eigenvalue weighted by Crippen LogP contribution is 2.47. The lowest BCUT2D eigenvalue weighted by Crippen LogP contribution is -2.44. The van der Waals surface area contributed by atoms with E-state index in [1.54, 1.807) is 24.3 Å². The van der Waals surface area contributed by atoms with E-state index >= 15 is 0 Å². The monoisotopic (exact) mass is 478 g/mol. The van der Waals surface area contributed by atoms with Crippen molar-refractivity contribution in [1.82, 2.24) is 9.03 Å². The Morgan fingerprint density at radius 2 is 1.24 bits per heavy atom. The molecule has 0 bridgehead atoms. The van der Waals surface area contributed by atoms with Crippen molar-refractivity contribution in [3.63, 3.8) is 0 Å². The van der Waals surface area contributed by atoms with E-state index in [9.17, 15) is 16.8 Å². The van der Waals surface area contributed by atoms with Gasteiger partial charge in [0.15, 0.2) is 0 Å². The number of benzene rings is 4. The highest BCUT2D eigenvalue weighted by molar-refractivity contribution is 8.04. The highest BCUT2D eigenvalue weighted by Gasteiger charge is 2.44. The Hall–Kier alpha value is -2.78. The minimum absolute atomic E-state index is 0.0258. The molecule has 0 amide bonds. The van der Waals surface area contributed by atoms with E-state index in [0.717, 1.165) is 33.9 Å². The van der Waals surface area contributed by atoms with Crippen molar-refractivity contribution in [3.05, 3.63) is 72.8 Å². The number of hydrogen-bond donors (Lipinski definition) is 1. The zero-order chi connectivity index (χ0) is 22.8. The van der Waals surface area contributed by atoms with E-state index in [1.165, 1.54) is 0 Å². The average molecular weight is 479 g/mol. The van der Waals surface area contributed by atoms with Gasteiger partial charge < -0.3 is 5.32 Å². The smallest absolute Gasteiger partial charge is 0.257 e. The van der Waals surface area contributed by atoms with Crippen molar-refractivity contribution in [2.45, 2.75) is 28.7 Å². The first-order valence-corrected chi connectivity index (χ1v) is 13.8. The fourth-order valence-corrected chi connectivity index (χ4v) is 9.21. The van der Waals surface area contributed by atoms with E-state index in [4.69, 9.17) is 0 Å². The van der Waals surface area contributed by atoms with Crippen molar-refractivity contribution in [2.24, 2.45) is 0 Å². The molecule has 0 saturated carbocycles. The summed E-state index contributed by atoms with van der Waals surface area (Å²) in [5.41, 5.74) is 0.899. The first-order chi connectivity index (χ1) is 15.9. The fourth-order valence-electron chi connectivity index (χ4n) is 5.09. The molecule has 1 atom stereocenters. The van der Waals surface area contributed by atoms with E-state index < -0.39 is 20.0 Å². The minimum Gasteiger partial charge on any atom is -0.313 e. The van der Waals surface area contributed by atoms with Crippen LogP contribution in [-0.4, -0.2) is 39.7 Å². The van der Waals surface area contributed by atoms with Gasteiger partial charge in [-0.15, -0.1) is 0 Å². The molecule has 0 aromatic heterocycles. The SMILES string of the molecule is O=S1(=O)c2ccc3ccccc3c2-c2c(ccc3ccccc23)S(=O)(=O)N1C[C@@H]1CCCN1. The molecule has 1 saturated heterocycles. The summed E-state index contributed by atoms with van der Waals surface area (Å²) in [5.74, 6) is 0. The predicted octanol–water partition coefficient (Wildman–Crippen LogP) is 4.11. The maximum Gasteiger partial charge on any atom is 0.257 e. The summed E-state index contributed by atoms with van der Waals surface area (Å²) in [7, 11) is -8.67. The number of nitrogens with zero attached hydrogens (tertiary/aromatic N) is 1. The van der Waals surface area contributed by atoms with E-state index in [2.05, 4.69) is 5.32 Å². The Morgan fingerprint density at radius 3 is 1.73 bits per heavy atom. The number of fused-ring (bicyclic) bond motifs is 7. The van der Waals surface area contributed by atoms with E-state index in [-0.39, 0.29) is 22.4 Å². The summed E-state index contributed by atoms with van der Waals surface area (Å²) in [6, 6.07) is 21.4. The van der Waals surface area contributed by atoms with Gasteiger partial charge in [0.1, 0.15) is 0 Å². The van der Waals surface area contributed by atoms with E-state index in [1.807, 2.05) is 48.5 Å². The van der Waals surface area contributed by atoms with Crippen LogP contribution in [0, 0.1) is 0 Å². The van der Waals surface area contributed by atoms with Gasteiger partial charge >= 0.3 is 0 Å². The van der Waals surface area contributed by atoms with Gasteiger partial charge in [-0.1, -0.05) is 64.4 Å². The summed E-state index contributed by atoms with van der Waals surface area (Å²) in [5, 5.41) is 6.38. The van der Waals surface area contributed by atoms with Crippen LogP contribution in [0.2, 0.25) is 0 Å². The fraction of sp³-hybridized carbons (Fsp3) is 0.200. The topological polar surface area (TPSA) is 83.5 Å². The molecule has 8 heteroatoms. The molecule has 33 heavy (non-hydrogen) atoms. The molecule has 6 rings (SSSR count). The summed E-state index contributed by atoms with van der Waals surface area (Å²) in [4.78, 5) is 0.0516. The second-order valence-electron chi connectivity index (χ2n) is 8.58. The molecule has 6 nitrogen and oxygen atoms in total. The third-order valence-corrected chi connectivity index (χ3v) is 11.0.